The summed E-state index contributed by atoms with van der Waals surface area (Å²) in [4.78, 5) is 36.7. The van der Waals surface area contributed by atoms with Gasteiger partial charge in [-0.2, -0.15) is 10.1 Å². The fourth-order valence-corrected chi connectivity index (χ4v) is 4.45. The standard InChI is InChI=1S/C24H19N3O5S/c1-13-10-20(21(27(31)32)11-14(13)2)22-9-8-18(33-22)12-19-15(3)25-26(23(19)28)17-6-4-16(5-7-17)24(29)30/h4-12H,1-3H3,(H,29,30). The topological polar surface area (TPSA) is 113 Å². The van der Waals surface area contributed by atoms with Gasteiger partial charge in [0, 0.05) is 15.8 Å². The normalized spacial score (nSPS) is 14.6. The molecule has 8 nitrogen and oxygen atoms in total. The molecule has 0 saturated heterocycles. The molecule has 0 atom stereocenters. The maximum absolute atomic E-state index is 13.0. The number of nitrogens with zero attached hydrogens (tertiary/aromatic N) is 3. The Bertz CT molecular complexity index is 1370. The number of nitro groups is 1. The van der Waals surface area contributed by atoms with E-state index in [1.165, 1.54) is 40.6 Å². The first-order chi connectivity index (χ1) is 15.7. The molecule has 4 rings (SSSR count). The Hall–Kier alpha value is -4.11. The van der Waals surface area contributed by atoms with E-state index in [4.69, 9.17) is 5.11 Å². The number of anilines is 1. The summed E-state index contributed by atoms with van der Waals surface area (Å²) in [5.74, 6) is -1.38. The molecule has 0 spiro atoms. The van der Waals surface area contributed by atoms with Crippen LogP contribution in [0.2, 0.25) is 0 Å². The molecule has 2 aromatic carbocycles. The van der Waals surface area contributed by atoms with E-state index in [2.05, 4.69) is 5.10 Å². The molecule has 1 aromatic heterocycles. The number of hydrazone groups is 1. The largest absolute Gasteiger partial charge is 0.478 e. The van der Waals surface area contributed by atoms with Crippen LogP contribution in [0.5, 0.6) is 0 Å². The minimum absolute atomic E-state index is 0.0461. The lowest BCUT2D eigenvalue weighted by Crippen LogP contribution is -2.21. The number of amides is 1. The maximum atomic E-state index is 13.0. The lowest BCUT2D eigenvalue weighted by Gasteiger charge is -2.11. The first kappa shape index (κ1) is 22.1. The summed E-state index contributed by atoms with van der Waals surface area (Å²) >= 11 is 1.35. The predicted molar refractivity (Wildman–Crippen MR) is 128 cm³/mol. The molecule has 0 saturated carbocycles. The fourth-order valence-electron chi connectivity index (χ4n) is 3.47. The number of carbonyl (C=O) groups excluding carboxylic acids is 1. The summed E-state index contributed by atoms with van der Waals surface area (Å²) in [6.45, 7) is 5.47. The second kappa shape index (κ2) is 8.44. The van der Waals surface area contributed by atoms with E-state index >= 15 is 0 Å². The van der Waals surface area contributed by atoms with Gasteiger partial charge in [0.2, 0.25) is 0 Å². The zero-order valence-corrected chi connectivity index (χ0v) is 18.8. The molecule has 1 aliphatic heterocycles. The van der Waals surface area contributed by atoms with Crippen molar-refractivity contribution >= 4 is 46.4 Å². The second-order valence-corrected chi connectivity index (χ2v) is 8.74. The quantitative estimate of drug-likeness (QED) is 0.309. The molecular weight excluding hydrogens is 442 g/mol. The minimum atomic E-state index is -1.05. The third-order valence-electron chi connectivity index (χ3n) is 5.41. The number of hydrogen-bond acceptors (Lipinski definition) is 6. The molecule has 2 heterocycles. The highest BCUT2D eigenvalue weighted by Crippen LogP contribution is 2.37. The predicted octanol–water partition coefficient (Wildman–Crippen LogP) is 5.44. The number of rotatable bonds is 5. The molecule has 1 amide bonds. The van der Waals surface area contributed by atoms with Gasteiger partial charge in [-0.25, -0.2) is 4.79 Å². The van der Waals surface area contributed by atoms with Gasteiger partial charge < -0.3 is 5.11 Å². The van der Waals surface area contributed by atoms with Crippen molar-refractivity contribution in [1.82, 2.24) is 0 Å². The molecule has 33 heavy (non-hydrogen) atoms. The maximum Gasteiger partial charge on any atom is 0.335 e. The minimum Gasteiger partial charge on any atom is -0.478 e. The van der Waals surface area contributed by atoms with Crippen molar-refractivity contribution in [2.75, 3.05) is 5.01 Å². The Morgan fingerprint density at radius 2 is 1.76 bits per heavy atom. The third-order valence-corrected chi connectivity index (χ3v) is 6.47. The number of benzene rings is 2. The van der Waals surface area contributed by atoms with Gasteiger partial charge in [0.15, 0.2) is 0 Å². The van der Waals surface area contributed by atoms with Crippen LogP contribution in [0.15, 0.2) is 59.2 Å². The van der Waals surface area contributed by atoms with Gasteiger partial charge in [0.1, 0.15) is 0 Å². The summed E-state index contributed by atoms with van der Waals surface area (Å²) in [5, 5.41) is 26.2. The van der Waals surface area contributed by atoms with Crippen LogP contribution in [-0.2, 0) is 4.79 Å². The van der Waals surface area contributed by atoms with Crippen molar-refractivity contribution < 1.29 is 19.6 Å². The second-order valence-electron chi connectivity index (χ2n) is 7.63. The molecule has 0 aliphatic carbocycles. The summed E-state index contributed by atoms with van der Waals surface area (Å²) < 4.78 is 0. The summed E-state index contributed by atoms with van der Waals surface area (Å²) in [6.07, 6.45) is 1.72. The summed E-state index contributed by atoms with van der Waals surface area (Å²) in [6, 6.07) is 12.9. The van der Waals surface area contributed by atoms with Crippen LogP contribution < -0.4 is 5.01 Å². The van der Waals surface area contributed by atoms with Gasteiger partial charge >= 0.3 is 5.97 Å². The molecule has 1 N–H and O–H groups in total. The zero-order chi connectivity index (χ0) is 23.9. The molecule has 9 heteroatoms. The van der Waals surface area contributed by atoms with Crippen LogP contribution in [0.4, 0.5) is 11.4 Å². The van der Waals surface area contributed by atoms with Gasteiger partial charge in [0.25, 0.3) is 11.6 Å². The molecule has 0 bridgehead atoms. The van der Waals surface area contributed by atoms with Gasteiger partial charge in [-0.3, -0.25) is 14.9 Å². The molecule has 0 radical (unpaired) electrons. The number of aromatic carboxylic acids is 1. The van der Waals surface area contributed by atoms with Crippen LogP contribution in [0.3, 0.4) is 0 Å². The molecule has 1 aliphatic rings. The van der Waals surface area contributed by atoms with E-state index in [1.807, 2.05) is 32.0 Å². The molecular formula is C24H19N3O5S. The zero-order valence-electron chi connectivity index (χ0n) is 18.0. The Morgan fingerprint density at radius 1 is 1.09 bits per heavy atom. The number of nitro benzene ring substituents is 1. The van der Waals surface area contributed by atoms with E-state index < -0.39 is 5.97 Å². The van der Waals surface area contributed by atoms with Gasteiger partial charge in [-0.15, -0.1) is 11.3 Å². The lowest BCUT2D eigenvalue weighted by molar-refractivity contribution is -0.384. The number of carboxylic acid groups (broad SMARTS) is 1. The molecule has 0 fully saturated rings. The number of aryl methyl sites for hydroxylation is 2. The average molecular weight is 461 g/mol. The van der Waals surface area contributed by atoms with Crippen molar-refractivity contribution in [1.29, 1.82) is 0 Å². The van der Waals surface area contributed by atoms with Crippen LogP contribution >= 0.6 is 11.3 Å². The number of carboxylic acids is 1. The van der Waals surface area contributed by atoms with Crippen LogP contribution in [0.1, 0.15) is 33.3 Å². The molecule has 0 unspecified atom stereocenters. The van der Waals surface area contributed by atoms with E-state index in [1.54, 1.807) is 19.1 Å². The van der Waals surface area contributed by atoms with Crippen molar-refractivity contribution in [3.8, 4) is 10.4 Å². The van der Waals surface area contributed by atoms with E-state index in [9.17, 15) is 19.7 Å². The number of hydrogen-bond donors (Lipinski definition) is 1. The van der Waals surface area contributed by atoms with Crippen molar-refractivity contribution in [2.24, 2.45) is 5.10 Å². The summed E-state index contributed by atoms with van der Waals surface area (Å²) in [5.41, 5.74) is 3.91. The number of thiophene rings is 1. The highest BCUT2D eigenvalue weighted by atomic mass is 32.1. The van der Waals surface area contributed by atoms with Crippen LogP contribution in [0, 0.1) is 24.0 Å². The van der Waals surface area contributed by atoms with Gasteiger partial charge in [0.05, 0.1) is 33.0 Å². The summed E-state index contributed by atoms with van der Waals surface area (Å²) in [7, 11) is 0. The first-order valence-electron chi connectivity index (χ1n) is 9.96. The third kappa shape index (κ3) is 4.18. The van der Waals surface area contributed by atoms with Crippen LogP contribution in [0.25, 0.3) is 16.5 Å². The molecule has 3 aromatic rings. The highest BCUT2D eigenvalue weighted by molar-refractivity contribution is 7.16. The monoisotopic (exact) mass is 461 g/mol. The smallest absolute Gasteiger partial charge is 0.335 e. The lowest BCUT2D eigenvalue weighted by atomic mass is 10.0. The van der Waals surface area contributed by atoms with E-state index in [-0.39, 0.29) is 22.1 Å². The van der Waals surface area contributed by atoms with E-state index in [0.717, 1.165) is 20.9 Å². The van der Waals surface area contributed by atoms with Crippen LogP contribution in [-0.4, -0.2) is 27.6 Å². The highest BCUT2D eigenvalue weighted by Gasteiger charge is 2.29. The fraction of sp³-hybridized carbons (Fsp3) is 0.125. The SMILES string of the molecule is CC1=NN(c2ccc(C(=O)O)cc2)C(=O)C1=Cc1ccc(-c2cc(C)c(C)cc2[N+](=O)[O-])s1. The number of carbonyl (C=O) groups is 2. The Kier molecular flexibility index (Phi) is 5.65. The van der Waals surface area contributed by atoms with Crippen molar-refractivity contribution in [2.45, 2.75) is 20.8 Å². The Balaban J connectivity index is 1.65. The van der Waals surface area contributed by atoms with Gasteiger partial charge in [-0.1, -0.05) is 0 Å². The van der Waals surface area contributed by atoms with Gasteiger partial charge in [-0.05, 0) is 80.4 Å². The van der Waals surface area contributed by atoms with Crippen molar-refractivity contribution in [3.05, 3.63) is 85.8 Å². The Morgan fingerprint density at radius 3 is 2.39 bits per heavy atom. The first-order valence-corrected chi connectivity index (χ1v) is 10.8. The molecule has 166 valence electrons. The Labute approximate surface area is 193 Å². The average Bonchev–Trinajstić information content (AvgIpc) is 3.35. The van der Waals surface area contributed by atoms with E-state index in [0.29, 0.717) is 22.5 Å². The van der Waals surface area contributed by atoms with Crippen molar-refractivity contribution in [3.63, 3.8) is 0 Å².